The molecule has 0 fully saturated rings. The minimum Gasteiger partial charge on any atom is -0.368 e. The smallest absolute Gasteiger partial charge is 0.236 e. The van der Waals surface area contributed by atoms with Gasteiger partial charge in [0, 0.05) is 12.7 Å². The molecule has 0 aliphatic carbocycles. The number of pyridine rings is 1. The Labute approximate surface area is 88.1 Å². The maximum Gasteiger partial charge on any atom is 0.236 e. The highest BCUT2D eigenvalue weighted by Crippen LogP contribution is 2.11. The van der Waals surface area contributed by atoms with Crippen molar-refractivity contribution in [3.63, 3.8) is 0 Å². The van der Waals surface area contributed by atoms with Crippen molar-refractivity contribution >= 4 is 11.7 Å². The van der Waals surface area contributed by atoms with E-state index in [1.165, 1.54) is 6.20 Å². The number of hydrogen-bond acceptors (Lipinski definition) is 4. The minimum atomic E-state index is -0.416. The molecule has 0 bridgehead atoms. The maximum absolute atomic E-state index is 10.8. The SMILES string of the molecule is CCN(CC(N)=O)c1cc(C#N)ccn1. The van der Waals surface area contributed by atoms with Gasteiger partial charge >= 0.3 is 0 Å². The first-order valence-electron chi connectivity index (χ1n) is 4.56. The fraction of sp³-hybridized carbons (Fsp3) is 0.300. The van der Waals surface area contributed by atoms with Crippen LogP contribution in [0.2, 0.25) is 0 Å². The number of primary amides is 1. The van der Waals surface area contributed by atoms with E-state index in [0.29, 0.717) is 17.9 Å². The number of nitrogens with zero attached hydrogens (tertiary/aromatic N) is 3. The molecule has 1 aromatic rings. The summed E-state index contributed by atoms with van der Waals surface area (Å²) in [5.41, 5.74) is 5.62. The number of aromatic nitrogens is 1. The van der Waals surface area contributed by atoms with Crippen molar-refractivity contribution in [2.24, 2.45) is 5.73 Å². The molecule has 0 aliphatic heterocycles. The van der Waals surface area contributed by atoms with Crippen molar-refractivity contribution in [3.05, 3.63) is 23.9 Å². The first-order chi connectivity index (χ1) is 7.17. The molecular weight excluding hydrogens is 192 g/mol. The number of rotatable bonds is 4. The Morgan fingerprint density at radius 2 is 2.47 bits per heavy atom. The van der Waals surface area contributed by atoms with E-state index in [2.05, 4.69) is 4.98 Å². The van der Waals surface area contributed by atoms with Gasteiger partial charge in [-0.15, -0.1) is 0 Å². The summed E-state index contributed by atoms with van der Waals surface area (Å²) >= 11 is 0. The normalized spacial score (nSPS) is 9.33. The largest absolute Gasteiger partial charge is 0.368 e. The number of nitrogens with two attached hydrogens (primary N) is 1. The van der Waals surface area contributed by atoms with E-state index in [-0.39, 0.29) is 6.54 Å². The summed E-state index contributed by atoms with van der Waals surface area (Å²) in [6, 6.07) is 5.26. The highest BCUT2D eigenvalue weighted by molar-refractivity contribution is 5.79. The second-order valence-electron chi connectivity index (χ2n) is 3.00. The molecule has 0 saturated heterocycles. The van der Waals surface area contributed by atoms with Crippen molar-refractivity contribution in [2.45, 2.75) is 6.92 Å². The van der Waals surface area contributed by atoms with Gasteiger partial charge in [0.2, 0.25) is 5.91 Å². The van der Waals surface area contributed by atoms with E-state index >= 15 is 0 Å². The molecule has 1 heterocycles. The van der Waals surface area contributed by atoms with E-state index < -0.39 is 5.91 Å². The lowest BCUT2D eigenvalue weighted by atomic mass is 10.3. The van der Waals surface area contributed by atoms with Gasteiger partial charge in [-0.05, 0) is 19.1 Å². The molecule has 0 spiro atoms. The number of carbonyl (C=O) groups is 1. The van der Waals surface area contributed by atoms with Crippen molar-refractivity contribution in [3.8, 4) is 6.07 Å². The molecule has 5 heteroatoms. The topological polar surface area (TPSA) is 83.0 Å². The molecule has 0 aromatic carbocycles. The molecule has 2 N–H and O–H groups in total. The molecular formula is C10H12N4O. The van der Waals surface area contributed by atoms with Crippen LogP contribution in [-0.2, 0) is 4.79 Å². The van der Waals surface area contributed by atoms with Crippen LogP contribution >= 0.6 is 0 Å². The molecule has 78 valence electrons. The average molecular weight is 204 g/mol. The number of anilines is 1. The lowest BCUT2D eigenvalue weighted by Gasteiger charge is -2.19. The average Bonchev–Trinajstić information content (AvgIpc) is 2.25. The second kappa shape index (κ2) is 4.96. The standard InChI is InChI=1S/C10H12N4O/c1-2-14(7-9(12)15)10-5-8(6-11)3-4-13-10/h3-5H,2,7H2,1H3,(H2,12,15). The third-order valence-electron chi connectivity index (χ3n) is 1.93. The van der Waals surface area contributed by atoms with E-state index in [4.69, 9.17) is 11.0 Å². The molecule has 1 rings (SSSR count). The highest BCUT2D eigenvalue weighted by Gasteiger charge is 2.08. The predicted molar refractivity (Wildman–Crippen MR) is 56.0 cm³/mol. The second-order valence-corrected chi connectivity index (χ2v) is 3.00. The Balaban J connectivity index is 2.92. The molecule has 0 atom stereocenters. The zero-order chi connectivity index (χ0) is 11.3. The molecule has 0 aliphatic rings. The molecule has 1 aromatic heterocycles. The van der Waals surface area contributed by atoms with E-state index in [0.717, 1.165) is 0 Å². The third-order valence-corrected chi connectivity index (χ3v) is 1.93. The summed E-state index contributed by atoms with van der Waals surface area (Å²) < 4.78 is 0. The molecule has 0 radical (unpaired) electrons. The van der Waals surface area contributed by atoms with Gasteiger partial charge < -0.3 is 10.6 Å². The Morgan fingerprint density at radius 3 is 3.00 bits per heavy atom. The van der Waals surface area contributed by atoms with Gasteiger partial charge in [-0.1, -0.05) is 0 Å². The Hall–Kier alpha value is -2.09. The Bertz CT molecular complexity index is 397. The fourth-order valence-corrected chi connectivity index (χ4v) is 1.20. The third kappa shape index (κ3) is 2.95. The quantitative estimate of drug-likeness (QED) is 0.762. The summed E-state index contributed by atoms with van der Waals surface area (Å²) in [5.74, 6) is 0.177. The summed E-state index contributed by atoms with van der Waals surface area (Å²) in [4.78, 5) is 16.6. The molecule has 0 unspecified atom stereocenters. The van der Waals surface area contributed by atoms with Crippen molar-refractivity contribution in [1.29, 1.82) is 5.26 Å². The van der Waals surface area contributed by atoms with Crippen LogP contribution in [0.3, 0.4) is 0 Å². The highest BCUT2D eigenvalue weighted by atomic mass is 16.1. The first kappa shape index (κ1) is 11.0. The van der Waals surface area contributed by atoms with Crippen LogP contribution < -0.4 is 10.6 Å². The van der Waals surface area contributed by atoms with Crippen LogP contribution in [-0.4, -0.2) is 24.0 Å². The molecule has 0 saturated carbocycles. The Kier molecular flexibility index (Phi) is 3.63. The van der Waals surface area contributed by atoms with Crippen molar-refractivity contribution < 1.29 is 4.79 Å². The van der Waals surface area contributed by atoms with Gasteiger partial charge in [0.1, 0.15) is 5.82 Å². The lowest BCUT2D eigenvalue weighted by molar-refractivity contribution is -0.116. The molecule has 1 amide bonds. The monoisotopic (exact) mass is 204 g/mol. The number of hydrogen-bond donors (Lipinski definition) is 1. The number of nitriles is 1. The van der Waals surface area contributed by atoms with Crippen LogP contribution in [0.1, 0.15) is 12.5 Å². The van der Waals surface area contributed by atoms with Crippen molar-refractivity contribution in [2.75, 3.05) is 18.0 Å². The lowest BCUT2D eigenvalue weighted by Crippen LogP contribution is -2.34. The van der Waals surface area contributed by atoms with Gasteiger partial charge in [0.15, 0.2) is 0 Å². The van der Waals surface area contributed by atoms with E-state index in [9.17, 15) is 4.79 Å². The minimum absolute atomic E-state index is 0.110. The summed E-state index contributed by atoms with van der Waals surface area (Å²) in [5, 5.41) is 8.71. The Morgan fingerprint density at radius 1 is 1.73 bits per heavy atom. The summed E-state index contributed by atoms with van der Waals surface area (Å²) in [6.07, 6.45) is 1.54. The van der Waals surface area contributed by atoms with Crippen LogP contribution in [0, 0.1) is 11.3 Å². The van der Waals surface area contributed by atoms with Crippen LogP contribution in [0.25, 0.3) is 0 Å². The predicted octanol–water partition coefficient (Wildman–Crippen LogP) is 0.265. The summed E-state index contributed by atoms with van der Waals surface area (Å²) in [7, 11) is 0. The van der Waals surface area contributed by atoms with Gasteiger partial charge in [0.05, 0.1) is 18.2 Å². The summed E-state index contributed by atoms with van der Waals surface area (Å²) in [6.45, 7) is 2.62. The van der Waals surface area contributed by atoms with Crippen molar-refractivity contribution in [1.82, 2.24) is 4.98 Å². The zero-order valence-electron chi connectivity index (χ0n) is 8.47. The fourth-order valence-electron chi connectivity index (χ4n) is 1.20. The van der Waals surface area contributed by atoms with E-state index in [1.54, 1.807) is 17.0 Å². The maximum atomic E-state index is 10.8. The number of carbonyl (C=O) groups excluding carboxylic acids is 1. The van der Waals surface area contributed by atoms with Crippen LogP contribution in [0.5, 0.6) is 0 Å². The van der Waals surface area contributed by atoms with Gasteiger partial charge in [-0.3, -0.25) is 4.79 Å². The van der Waals surface area contributed by atoms with E-state index in [1.807, 2.05) is 13.0 Å². The van der Waals surface area contributed by atoms with Crippen LogP contribution in [0.15, 0.2) is 18.3 Å². The number of amides is 1. The van der Waals surface area contributed by atoms with Gasteiger partial charge in [0.25, 0.3) is 0 Å². The first-order valence-corrected chi connectivity index (χ1v) is 4.56. The van der Waals surface area contributed by atoms with Gasteiger partial charge in [-0.25, -0.2) is 4.98 Å². The molecule has 5 nitrogen and oxygen atoms in total. The number of likely N-dealkylation sites (N-methyl/N-ethyl adjacent to an activating group) is 1. The van der Waals surface area contributed by atoms with Gasteiger partial charge in [-0.2, -0.15) is 5.26 Å². The molecule has 15 heavy (non-hydrogen) atoms. The zero-order valence-corrected chi connectivity index (χ0v) is 8.47. The van der Waals surface area contributed by atoms with Crippen LogP contribution in [0.4, 0.5) is 5.82 Å².